The standard InChI is InChI=1S/C17H21NO3/c1-12-13-7-3-4-8-14(13)21-15(12)11-18-16(19)17(2)9-5-6-10-20-17/h3-4,7-8H,5-6,9-11H2,1-2H3,(H,18,19)/t17-/m1/s1. The fourth-order valence-corrected chi connectivity index (χ4v) is 2.85. The number of hydrogen-bond acceptors (Lipinski definition) is 3. The van der Waals surface area contributed by atoms with Crippen molar-refractivity contribution in [3.05, 3.63) is 35.6 Å². The van der Waals surface area contributed by atoms with Crippen LogP contribution >= 0.6 is 0 Å². The lowest BCUT2D eigenvalue weighted by Crippen LogP contribution is -2.48. The summed E-state index contributed by atoms with van der Waals surface area (Å²) in [7, 11) is 0. The van der Waals surface area contributed by atoms with E-state index in [-0.39, 0.29) is 5.91 Å². The van der Waals surface area contributed by atoms with E-state index >= 15 is 0 Å². The maximum atomic E-state index is 12.3. The molecule has 1 amide bonds. The Balaban J connectivity index is 1.71. The van der Waals surface area contributed by atoms with E-state index in [2.05, 4.69) is 5.32 Å². The summed E-state index contributed by atoms with van der Waals surface area (Å²) in [4.78, 5) is 12.3. The van der Waals surface area contributed by atoms with E-state index in [9.17, 15) is 4.79 Å². The molecule has 0 spiro atoms. The lowest BCUT2D eigenvalue weighted by Gasteiger charge is -2.32. The number of para-hydroxylation sites is 1. The van der Waals surface area contributed by atoms with E-state index in [0.29, 0.717) is 13.2 Å². The van der Waals surface area contributed by atoms with E-state index in [4.69, 9.17) is 9.15 Å². The number of fused-ring (bicyclic) bond motifs is 1. The van der Waals surface area contributed by atoms with Crippen molar-refractivity contribution in [2.45, 2.75) is 45.3 Å². The Morgan fingerprint density at radius 1 is 1.33 bits per heavy atom. The van der Waals surface area contributed by atoms with Gasteiger partial charge < -0.3 is 14.5 Å². The summed E-state index contributed by atoms with van der Waals surface area (Å²) < 4.78 is 11.5. The second-order valence-corrected chi connectivity index (χ2v) is 5.87. The molecule has 4 heteroatoms. The van der Waals surface area contributed by atoms with Crippen LogP contribution in [0.25, 0.3) is 11.0 Å². The molecule has 1 atom stereocenters. The van der Waals surface area contributed by atoms with Gasteiger partial charge in [0.25, 0.3) is 5.91 Å². The monoisotopic (exact) mass is 287 g/mol. The van der Waals surface area contributed by atoms with Gasteiger partial charge in [0, 0.05) is 17.6 Å². The van der Waals surface area contributed by atoms with Crippen molar-refractivity contribution in [1.82, 2.24) is 5.32 Å². The van der Waals surface area contributed by atoms with Gasteiger partial charge in [-0.3, -0.25) is 4.79 Å². The molecule has 1 aliphatic rings. The fourth-order valence-electron chi connectivity index (χ4n) is 2.85. The van der Waals surface area contributed by atoms with Gasteiger partial charge in [-0.05, 0) is 39.2 Å². The van der Waals surface area contributed by atoms with Gasteiger partial charge in [-0.15, -0.1) is 0 Å². The summed E-state index contributed by atoms with van der Waals surface area (Å²) in [6.07, 6.45) is 2.84. The molecule has 2 aromatic rings. The molecule has 112 valence electrons. The van der Waals surface area contributed by atoms with E-state index in [1.807, 2.05) is 38.1 Å². The maximum absolute atomic E-state index is 12.3. The van der Waals surface area contributed by atoms with Crippen molar-refractivity contribution in [3.63, 3.8) is 0 Å². The minimum Gasteiger partial charge on any atom is -0.459 e. The zero-order valence-electron chi connectivity index (χ0n) is 12.6. The lowest BCUT2D eigenvalue weighted by atomic mass is 9.95. The SMILES string of the molecule is Cc1c(CNC(=O)[C@@]2(C)CCCCO2)oc2ccccc12. The van der Waals surface area contributed by atoms with Gasteiger partial charge in [0.1, 0.15) is 16.9 Å². The second-order valence-electron chi connectivity index (χ2n) is 5.87. The molecule has 1 aliphatic heterocycles. The number of hydrogen-bond donors (Lipinski definition) is 1. The first-order valence-corrected chi connectivity index (χ1v) is 7.49. The van der Waals surface area contributed by atoms with Gasteiger partial charge in [0.05, 0.1) is 6.54 Å². The Kier molecular flexibility index (Phi) is 3.72. The highest BCUT2D eigenvalue weighted by atomic mass is 16.5. The van der Waals surface area contributed by atoms with Crippen LogP contribution in [0.1, 0.15) is 37.5 Å². The van der Waals surface area contributed by atoms with E-state index in [0.717, 1.165) is 41.6 Å². The van der Waals surface area contributed by atoms with E-state index in [1.54, 1.807) is 0 Å². The number of ether oxygens (including phenoxy) is 1. The Bertz CT molecular complexity index is 653. The zero-order valence-corrected chi connectivity index (χ0v) is 12.6. The third-order valence-electron chi connectivity index (χ3n) is 4.30. The fraction of sp³-hybridized carbons (Fsp3) is 0.471. The van der Waals surface area contributed by atoms with Crippen LogP contribution < -0.4 is 5.32 Å². The molecule has 4 nitrogen and oxygen atoms in total. The van der Waals surface area contributed by atoms with Gasteiger partial charge in [-0.1, -0.05) is 18.2 Å². The number of aryl methyl sites for hydroxylation is 1. The normalized spacial score (nSPS) is 22.4. The molecule has 0 radical (unpaired) electrons. The number of carbonyl (C=O) groups is 1. The predicted molar refractivity (Wildman–Crippen MR) is 81.0 cm³/mol. The summed E-state index contributed by atoms with van der Waals surface area (Å²) in [6.45, 7) is 4.95. The molecule has 0 bridgehead atoms. The number of amides is 1. The van der Waals surface area contributed by atoms with E-state index < -0.39 is 5.60 Å². The van der Waals surface area contributed by atoms with Crippen molar-refractivity contribution < 1.29 is 13.9 Å². The molecule has 0 unspecified atom stereocenters. The predicted octanol–water partition coefficient (Wildman–Crippen LogP) is 3.32. The Hall–Kier alpha value is -1.81. The van der Waals surface area contributed by atoms with Crippen molar-refractivity contribution in [2.24, 2.45) is 0 Å². The summed E-state index contributed by atoms with van der Waals surface area (Å²) in [5.74, 6) is 0.756. The Labute approximate surface area is 124 Å². The average Bonchev–Trinajstić information content (AvgIpc) is 2.82. The molecule has 0 saturated carbocycles. The van der Waals surface area contributed by atoms with Crippen molar-refractivity contribution >= 4 is 16.9 Å². The molecular formula is C17H21NO3. The van der Waals surface area contributed by atoms with Crippen LogP contribution in [0.15, 0.2) is 28.7 Å². The molecule has 1 aromatic heterocycles. The summed E-state index contributed by atoms with van der Waals surface area (Å²) >= 11 is 0. The molecule has 1 fully saturated rings. The summed E-state index contributed by atoms with van der Waals surface area (Å²) in [6, 6.07) is 7.92. The number of benzene rings is 1. The third kappa shape index (κ3) is 2.68. The minimum atomic E-state index is -0.696. The van der Waals surface area contributed by atoms with Gasteiger partial charge in [0.15, 0.2) is 0 Å². The van der Waals surface area contributed by atoms with Crippen LogP contribution in [-0.4, -0.2) is 18.1 Å². The lowest BCUT2D eigenvalue weighted by molar-refractivity contribution is -0.150. The molecule has 1 saturated heterocycles. The first kappa shape index (κ1) is 14.1. The van der Waals surface area contributed by atoms with Crippen molar-refractivity contribution in [3.8, 4) is 0 Å². The topological polar surface area (TPSA) is 51.5 Å². The molecule has 3 rings (SSSR count). The van der Waals surface area contributed by atoms with Crippen molar-refractivity contribution in [2.75, 3.05) is 6.61 Å². The van der Waals surface area contributed by atoms with Crippen LogP contribution in [0.5, 0.6) is 0 Å². The maximum Gasteiger partial charge on any atom is 0.252 e. The third-order valence-corrected chi connectivity index (χ3v) is 4.30. The smallest absolute Gasteiger partial charge is 0.252 e. The van der Waals surface area contributed by atoms with Crippen LogP contribution in [-0.2, 0) is 16.1 Å². The highest BCUT2D eigenvalue weighted by Crippen LogP contribution is 2.26. The average molecular weight is 287 g/mol. The number of rotatable bonds is 3. The van der Waals surface area contributed by atoms with E-state index in [1.165, 1.54) is 0 Å². The van der Waals surface area contributed by atoms with Crippen LogP contribution in [0.4, 0.5) is 0 Å². The number of furan rings is 1. The van der Waals surface area contributed by atoms with Gasteiger partial charge in [-0.2, -0.15) is 0 Å². The number of nitrogens with one attached hydrogen (secondary N) is 1. The highest BCUT2D eigenvalue weighted by molar-refractivity contribution is 5.85. The molecule has 1 aromatic carbocycles. The summed E-state index contributed by atoms with van der Waals surface area (Å²) in [5.41, 5.74) is 1.25. The summed E-state index contributed by atoms with van der Waals surface area (Å²) in [5, 5.41) is 4.05. The largest absolute Gasteiger partial charge is 0.459 e. The van der Waals surface area contributed by atoms with Crippen LogP contribution in [0, 0.1) is 6.92 Å². The Morgan fingerprint density at radius 3 is 2.86 bits per heavy atom. The Morgan fingerprint density at radius 2 is 2.14 bits per heavy atom. The van der Waals surface area contributed by atoms with Crippen LogP contribution in [0.2, 0.25) is 0 Å². The van der Waals surface area contributed by atoms with Crippen molar-refractivity contribution in [1.29, 1.82) is 0 Å². The first-order chi connectivity index (χ1) is 10.1. The van der Waals surface area contributed by atoms with Crippen LogP contribution in [0.3, 0.4) is 0 Å². The van der Waals surface area contributed by atoms with Gasteiger partial charge in [-0.25, -0.2) is 0 Å². The second kappa shape index (κ2) is 5.53. The quantitative estimate of drug-likeness (QED) is 0.942. The molecule has 1 N–H and O–H groups in total. The zero-order chi connectivity index (χ0) is 14.9. The van der Waals surface area contributed by atoms with Gasteiger partial charge >= 0.3 is 0 Å². The molecule has 2 heterocycles. The first-order valence-electron chi connectivity index (χ1n) is 7.49. The molecule has 0 aliphatic carbocycles. The number of carbonyl (C=O) groups excluding carboxylic acids is 1. The minimum absolute atomic E-state index is 0.0537. The highest BCUT2D eigenvalue weighted by Gasteiger charge is 2.35. The molecule has 21 heavy (non-hydrogen) atoms. The molecular weight excluding hydrogens is 266 g/mol. The van der Waals surface area contributed by atoms with Gasteiger partial charge in [0.2, 0.25) is 0 Å².